The number of rotatable bonds is 3. The monoisotopic (exact) mass is 258 g/mol. The van der Waals surface area contributed by atoms with E-state index in [1.54, 1.807) is 25.3 Å². The van der Waals surface area contributed by atoms with Crippen molar-refractivity contribution in [3.8, 4) is 11.8 Å². The van der Waals surface area contributed by atoms with Crippen molar-refractivity contribution in [1.82, 2.24) is 0 Å². The highest BCUT2D eigenvalue weighted by Gasteiger charge is 2.03. The molecule has 18 heavy (non-hydrogen) atoms. The van der Waals surface area contributed by atoms with Crippen molar-refractivity contribution in [2.45, 2.75) is 0 Å². The van der Waals surface area contributed by atoms with E-state index in [-0.39, 0.29) is 0 Å². The summed E-state index contributed by atoms with van der Waals surface area (Å²) in [5, 5.41) is 12.8. The summed E-state index contributed by atoms with van der Waals surface area (Å²) in [5.41, 5.74) is 2.11. The summed E-state index contributed by atoms with van der Waals surface area (Å²) in [6, 6.07) is 14.7. The van der Waals surface area contributed by atoms with Crippen molar-refractivity contribution in [1.29, 1.82) is 5.26 Å². The average molecular weight is 259 g/mol. The summed E-state index contributed by atoms with van der Waals surface area (Å²) in [7, 11) is 1.62. The summed E-state index contributed by atoms with van der Waals surface area (Å²) in [6.07, 6.45) is 0. The molecule has 1 N–H and O–H groups in total. The lowest BCUT2D eigenvalue weighted by Gasteiger charge is -2.09. The van der Waals surface area contributed by atoms with E-state index in [1.165, 1.54) is 0 Å². The normalized spacial score (nSPS) is 9.61. The Kier molecular flexibility index (Phi) is 3.71. The Morgan fingerprint density at radius 2 is 1.89 bits per heavy atom. The first-order chi connectivity index (χ1) is 8.72. The van der Waals surface area contributed by atoms with E-state index in [1.807, 2.05) is 24.3 Å². The number of benzene rings is 2. The minimum Gasteiger partial charge on any atom is -0.497 e. The molecule has 2 rings (SSSR count). The van der Waals surface area contributed by atoms with E-state index >= 15 is 0 Å². The van der Waals surface area contributed by atoms with Crippen LogP contribution < -0.4 is 10.1 Å². The van der Waals surface area contributed by atoms with E-state index in [9.17, 15) is 0 Å². The minimum atomic E-state index is 0.551. The highest BCUT2D eigenvalue weighted by atomic mass is 35.5. The van der Waals surface area contributed by atoms with E-state index in [2.05, 4.69) is 11.4 Å². The van der Waals surface area contributed by atoms with Crippen molar-refractivity contribution in [3.05, 3.63) is 53.1 Å². The number of nitriles is 1. The van der Waals surface area contributed by atoms with E-state index in [4.69, 9.17) is 21.6 Å². The van der Waals surface area contributed by atoms with Crippen LogP contribution in [0.2, 0.25) is 5.02 Å². The van der Waals surface area contributed by atoms with Gasteiger partial charge in [0.1, 0.15) is 11.8 Å². The molecule has 0 saturated carbocycles. The Labute approximate surface area is 111 Å². The first-order valence-corrected chi connectivity index (χ1v) is 5.71. The van der Waals surface area contributed by atoms with Gasteiger partial charge in [-0.2, -0.15) is 5.26 Å². The lowest BCUT2D eigenvalue weighted by molar-refractivity contribution is 0.415. The predicted molar refractivity (Wildman–Crippen MR) is 72.4 cm³/mol. The van der Waals surface area contributed by atoms with Gasteiger partial charge in [-0.05, 0) is 42.5 Å². The molecule has 0 unspecified atom stereocenters. The molecule has 0 bridgehead atoms. The topological polar surface area (TPSA) is 45.0 Å². The van der Waals surface area contributed by atoms with Crippen LogP contribution in [-0.2, 0) is 0 Å². The molecule has 0 aliphatic rings. The highest BCUT2D eigenvalue weighted by molar-refractivity contribution is 6.30. The molecule has 0 amide bonds. The zero-order valence-corrected chi connectivity index (χ0v) is 10.5. The van der Waals surface area contributed by atoms with Crippen LogP contribution in [0.15, 0.2) is 42.5 Å². The summed E-state index contributed by atoms with van der Waals surface area (Å²) in [4.78, 5) is 0. The highest BCUT2D eigenvalue weighted by Crippen LogP contribution is 2.25. The van der Waals surface area contributed by atoms with Gasteiger partial charge in [-0.15, -0.1) is 0 Å². The fourth-order valence-corrected chi connectivity index (χ4v) is 1.72. The number of methoxy groups -OCH3 is 1. The van der Waals surface area contributed by atoms with Crippen LogP contribution in [0.25, 0.3) is 0 Å². The SMILES string of the molecule is COc1ccc(Nc2cc(Cl)ccc2C#N)cc1. The molecule has 4 heteroatoms. The van der Waals surface area contributed by atoms with Crippen molar-refractivity contribution in [2.75, 3.05) is 12.4 Å². The van der Waals surface area contributed by atoms with Gasteiger partial charge in [0.15, 0.2) is 0 Å². The summed E-state index contributed by atoms with van der Waals surface area (Å²) in [5.74, 6) is 0.784. The number of anilines is 2. The standard InChI is InChI=1S/C14H11ClN2O/c1-18-13-6-4-12(5-7-13)17-14-8-11(15)3-2-10(14)9-16/h2-8,17H,1H3. The molecular formula is C14H11ClN2O. The van der Waals surface area contributed by atoms with Gasteiger partial charge in [0.05, 0.1) is 18.4 Å². The fraction of sp³-hybridized carbons (Fsp3) is 0.0714. The van der Waals surface area contributed by atoms with Crippen LogP contribution in [0.4, 0.5) is 11.4 Å². The van der Waals surface area contributed by atoms with Gasteiger partial charge < -0.3 is 10.1 Å². The lowest BCUT2D eigenvalue weighted by Crippen LogP contribution is -1.93. The van der Waals surface area contributed by atoms with Crippen molar-refractivity contribution in [3.63, 3.8) is 0 Å². The summed E-state index contributed by atoms with van der Waals surface area (Å²) in [6.45, 7) is 0. The Bertz CT molecular complexity index is 588. The largest absolute Gasteiger partial charge is 0.497 e. The number of hydrogen-bond donors (Lipinski definition) is 1. The predicted octanol–water partition coefficient (Wildman–Crippen LogP) is 3.96. The lowest BCUT2D eigenvalue weighted by atomic mass is 10.2. The van der Waals surface area contributed by atoms with Crippen molar-refractivity contribution in [2.24, 2.45) is 0 Å². The third kappa shape index (κ3) is 2.73. The van der Waals surface area contributed by atoms with E-state index in [0.29, 0.717) is 16.3 Å². The molecule has 0 heterocycles. The first kappa shape index (κ1) is 12.3. The molecule has 90 valence electrons. The van der Waals surface area contributed by atoms with E-state index in [0.717, 1.165) is 11.4 Å². The number of nitrogens with zero attached hydrogens (tertiary/aromatic N) is 1. The van der Waals surface area contributed by atoms with Gasteiger partial charge in [0.25, 0.3) is 0 Å². The smallest absolute Gasteiger partial charge is 0.119 e. The van der Waals surface area contributed by atoms with Crippen molar-refractivity contribution >= 4 is 23.0 Å². The molecule has 0 spiro atoms. The maximum atomic E-state index is 9.02. The summed E-state index contributed by atoms with van der Waals surface area (Å²) >= 11 is 5.92. The molecular weight excluding hydrogens is 248 g/mol. The average Bonchev–Trinajstić information content (AvgIpc) is 2.40. The van der Waals surface area contributed by atoms with Crippen LogP contribution in [0.3, 0.4) is 0 Å². The second-order valence-corrected chi connectivity index (χ2v) is 4.09. The molecule has 2 aromatic rings. The number of ether oxygens (including phenoxy) is 1. The Morgan fingerprint density at radius 3 is 2.50 bits per heavy atom. The molecule has 0 fully saturated rings. The fourth-order valence-electron chi connectivity index (χ4n) is 1.55. The zero-order chi connectivity index (χ0) is 13.0. The Hall–Kier alpha value is -2.18. The number of hydrogen-bond acceptors (Lipinski definition) is 3. The van der Waals surface area contributed by atoms with Gasteiger partial charge in [-0.1, -0.05) is 11.6 Å². The molecule has 2 aromatic carbocycles. The molecule has 0 aliphatic heterocycles. The quantitative estimate of drug-likeness (QED) is 0.906. The van der Waals surface area contributed by atoms with Crippen LogP contribution >= 0.6 is 11.6 Å². The zero-order valence-electron chi connectivity index (χ0n) is 9.77. The summed E-state index contributed by atoms with van der Waals surface area (Å²) < 4.78 is 5.08. The molecule has 0 aromatic heterocycles. The molecule has 0 aliphatic carbocycles. The Morgan fingerprint density at radius 1 is 1.17 bits per heavy atom. The molecule has 0 atom stereocenters. The van der Waals surface area contributed by atoms with Crippen LogP contribution in [-0.4, -0.2) is 7.11 Å². The first-order valence-electron chi connectivity index (χ1n) is 5.33. The maximum Gasteiger partial charge on any atom is 0.119 e. The number of nitrogens with one attached hydrogen (secondary N) is 1. The van der Waals surface area contributed by atoms with Gasteiger partial charge in [0, 0.05) is 10.7 Å². The van der Waals surface area contributed by atoms with Crippen molar-refractivity contribution < 1.29 is 4.74 Å². The minimum absolute atomic E-state index is 0.551. The second kappa shape index (κ2) is 5.44. The van der Waals surface area contributed by atoms with Crippen LogP contribution in [0, 0.1) is 11.3 Å². The second-order valence-electron chi connectivity index (χ2n) is 3.66. The number of halogens is 1. The third-order valence-electron chi connectivity index (χ3n) is 2.47. The van der Waals surface area contributed by atoms with Gasteiger partial charge in [-0.25, -0.2) is 0 Å². The van der Waals surface area contributed by atoms with Gasteiger partial charge >= 0.3 is 0 Å². The molecule has 0 saturated heterocycles. The van der Waals surface area contributed by atoms with E-state index < -0.39 is 0 Å². The van der Waals surface area contributed by atoms with Gasteiger partial charge in [-0.3, -0.25) is 0 Å². The maximum absolute atomic E-state index is 9.02. The van der Waals surface area contributed by atoms with Gasteiger partial charge in [0.2, 0.25) is 0 Å². The van der Waals surface area contributed by atoms with Crippen LogP contribution in [0.1, 0.15) is 5.56 Å². The third-order valence-corrected chi connectivity index (χ3v) is 2.71. The molecule has 3 nitrogen and oxygen atoms in total. The molecule has 0 radical (unpaired) electrons. The Balaban J connectivity index is 2.27. The van der Waals surface area contributed by atoms with Crippen LogP contribution in [0.5, 0.6) is 5.75 Å².